The van der Waals surface area contributed by atoms with Gasteiger partial charge in [-0.2, -0.15) is 5.06 Å². The third-order valence-corrected chi connectivity index (χ3v) is 11.7. The van der Waals surface area contributed by atoms with Crippen LogP contribution in [0.3, 0.4) is 0 Å². The predicted molar refractivity (Wildman–Crippen MR) is 199 cm³/mol. The molecule has 2 aromatic carbocycles. The van der Waals surface area contributed by atoms with Crippen molar-refractivity contribution in [1.82, 2.24) is 20.6 Å². The van der Waals surface area contributed by atoms with Crippen LogP contribution in [-0.2, 0) is 20.9 Å². The first kappa shape index (κ1) is 38.7. The fourth-order valence-electron chi connectivity index (χ4n) is 8.57. The molecule has 14 heteroatoms. The standard InChI is InChI=1S/C38H54N8O6/c1-21-29-17-26(38(29,3)4)18-30(21)42-36(48)33-32(22(2)51-37(49)45(8)9)31(19-41-43-39)52-46(33)20-23-12-11-13-28(34(23)50-10)24-14-25(35(47)40-5)16-27(15-24)44(6)7/h11-16,21-22,26,29-33H,17-20H2,1-10H3,(H,40,47)(H,42,48)/t21-,22-,26+,29-,30-,31-,32+,33-/m0/s1. The molecule has 0 unspecified atom stereocenters. The van der Waals surface area contributed by atoms with Gasteiger partial charge in [0.25, 0.3) is 5.91 Å². The van der Waals surface area contributed by atoms with Crippen LogP contribution in [0.2, 0.25) is 0 Å². The highest BCUT2D eigenvalue weighted by molar-refractivity contribution is 5.97. The summed E-state index contributed by atoms with van der Waals surface area (Å²) in [4.78, 5) is 52.9. The normalized spacial score (nSPS) is 26.6. The summed E-state index contributed by atoms with van der Waals surface area (Å²) in [6.07, 6.45) is -0.0147. The van der Waals surface area contributed by atoms with Crippen LogP contribution in [-0.4, -0.2) is 101 Å². The summed E-state index contributed by atoms with van der Waals surface area (Å²) in [5.74, 6) is 0.772. The minimum Gasteiger partial charge on any atom is -0.496 e. The lowest BCUT2D eigenvalue weighted by molar-refractivity contribution is -0.175. The fourth-order valence-corrected chi connectivity index (χ4v) is 8.57. The van der Waals surface area contributed by atoms with E-state index in [9.17, 15) is 19.9 Å². The fraction of sp³-hybridized carbons (Fsp3) is 0.605. The van der Waals surface area contributed by atoms with Gasteiger partial charge in [0.2, 0.25) is 5.91 Å². The minimum atomic E-state index is -0.896. The summed E-state index contributed by atoms with van der Waals surface area (Å²) in [6, 6.07) is 10.4. The number of fused-ring (bicyclic) bond motifs is 2. The van der Waals surface area contributed by atoms with Crippen molar-refractivity contribution in [3.05, 3.63) is 58.0 Å². The van der Waals surface area contributed by atoms with Crippen molar-refractivity contribution in [2.24, 2.45) is 34.2 Å². The van der Waals surface area contributed by atoms with E-state index in [1.165, 1.54) is 11.3 Å². The zero-order valence-electron chi connectivity index (χ0n) is 32.0. The lowest BCUT2D eigenvalue weighted by Crippen LogP contribution is -2.62. The summed E-state index contributed by atoms with van der Waals surface area (Å²) < 4.78 is 11.9. The molecule has 2 aromatic rings. The Morgan fingerprint density at radius 1 is 1.15 bits per heavy atom. The number of nitrogens with one attached hydrogen (secondary N) is 2. The number of hydrogen-bond acceptors (Lipinski definition) is 9. The molecule has 0 radical (unpaired) electrons. The molecule has 1 heterocycles. The lowest BCUT2D eigenvalue weighted by atomic mass is 9.45. The second-order valence-electron chi connectivity index (χ2n) is 15.4. The Kier molecular flexibility index (Phi) is 11.6. The summed E-state index contributed by atoms with van der Waals surface area (Å²) in [5.41, 5.74) is 13.1. The first-order valence-corrected chi connectivity index (χ1v) is 18.0. The Bertz CT molecular complexity index is 1710. The number of amides is 3. The Hall–Kier alpha value is -4.52. The van der Waals surface area contributed by atoms with Crippen molar-refractivity contribution in [3.63, 3.8) is 0 Å². The van der Waals surface area contributed by atoms with Crippen molar-refractivity contribution in [2.75, 3.05) is 53.8 Å². The zero-order valence-corrected chi connectivity index (χ0v) is 32.0. The molecule has 2 bridgehead atoms. The third kappa shape index (κ3) is 7.51. The van der Waals surface area contributed by atoms with E-state index in [0.29, 0.717) is 23.1 Å². The van der Waals surface area contributed by atoms with Crippen LogP contribution in [0.25, 0.3) is 21.6 Å². The van der Waals surface area contributed by atoms with Gasteiger partial charge in [0, 0.05) is 68.6 Å². The highest BCUT2D eigenvalue weighted by Gasteiger charge is 2.57. The third-order valence-electron chi connectivity index (χ3n) is 11.7. The smallest absolute Gasteiger partial charge is 0.409 e. The number of hydrogen-bond donors (Lipinski definition) is 2. The number of carbonyl (C=O) groups excluding carboxylic acids is 3. The van der Waals surface area contributed by atoms with Crippen molar-refractivity contribution in [1.29, 1.82) is 0 Å². The Labute approximate surface area is 306 Å². The Morgan fingerprint density at radius 3 is 2.48 bits per heavy atom. The van der Waals surface area contributed by atoms with Gasteiger partial charge in [-0.3, -0.25) is 14.4 Å². The molecule has 0 spiro atoms. The minimum absolute atomic E-state index is 0.0149. The number of hydroxylamine groups is 2. The monoisotopic (exact) mass is 718 g/mol. The van der Waals surface area contributed by atoms with Crippen molar-refractivity contribution in [2.45, 2.75) is 71.4 Å². The van der Waals surface area contributed by atoms with E-state index < -0.39 is 30.3 Å². The summed E-state index contributed by atoms with van der Waals surface area (Å²) in [6.45, 7) is 8.66. The average Bonchev–Trinajstić information content (AvgIpc) is 3.48. The largest absolute Gasteiger partial charge is 0.496 e. The summed E-state index contributed by atoms with van der Waals surface area (Å²) in [5, 5.41) is 11.5. The van der Waals surface area contributed by atoms with Crippen LogP contribution in [0.5, 0.6) is 5.75 Å². The number of para-hydroxylation sites is 1. The molecule has 0 aromatic heterocycles. The molecule has 282 valence electrons. The highest BCUT2D eigenvalue weighted by atomic mass is 16.7. The topological polar surface area (TPSA) is 161 Å². The van der Waals surface area contributed by atoms with Crippen LogP contribution < -0.4 is 20.3 Å². The molecule has 3 amide bonds. The molecule has 4 fully saturated rings. The molecular weight excluding hydrogens is 664 g/mol. The molecule has 52 heavy (non-hydrogen) atoms. The number of methoxy groups -OCH3 is 1. The number of benzene rings is 2. The van der Waals surface area contributed by atoms with Crippen molar-refractivity contribution in [3.8, 4) is 16.9 Å². The van der Waals surface area contributed by atoms with Gasteiger partial charge in [-0.05, 0) is 72.2 Å². The molecule has 1 aliphatic heterocycles. The highest BCUT2D eigenvalue weighted by Crippen LogP contribution is 2.61. The molecule has 14 nitrogen and oxygen atoms in total. The van der Waals surface area contributed by atoms with E-state index >= 15 is 0 Å². The van der Waals surface area contributed by atoms with Gasteiger partial charge in [-0.15, -0.1) is 0 Å². The lowest BCUT2D eigenvalue weighted by Gasteiger charge is -2.62. The average molecular weight is 719 g/mol. The van der Waals surface area contributed by atoms with Crippen LogP contribution >= 0.6 is 0 Å². The van der Waals surface area contributed by atoms with Gasteiger partial charge in [0.15, 0.2) is 0 Å². The van der Waals surface area contributed by atoms with Gasteiger partial charge < -0.3 is 29.9 Å². The molecule has 3 aliphatic carbocycles. The van der Waals surface area contributed by atoms with Crippen LogP contribution in [0.1, 0.15) is 56.5 Å². The number of rotatable bonds is 12. The number of carbonyl (C=O) groups is 3. The number of anilines is 1. The molecular formula is C38H54N8O6. The van der Waals surface area contributed by atoms with E-state index in [1.807, 2.05) is 55.4 Å². The zero-order chi connectivity index (χ0) is 38.1. The molecule has 2 N–H and O–H groups in total. The summed E-state index contributed by atoms with van der Waals surface area (Å²) in [7, 11) is 10.2. The van der Waals surface area contributed by atoms with E-state index in [-0.39, 0.29) is 42.3 Å². The number of azide groups is 1. The molecule has 8 atom stereocenters. The number of ether oxygens (including phenoxy) is 2. The molecule has 4 aliphatic rings. The Morgan fingerprint density at radius 2 is 1.88 bits per heavy atom. The quantitative estimate of drug-likeness (QED) is 0.166. The predicted octanol–water partition coefficient (Wildman–Crippen LogP) is 5.47. The van der Waals surface area contributed by atoms with E-state index in [4.69, 9.17) is 14.3 Å². The van der Waals surface area contributed by atoms with Gasteiger partial charge >= 0.3 is 6.09 Å². The van der Waals surface area contributed by atoms with Crippen molar-refractivity contribution < 1.29 is 28.7 Å². The van der Waals surface area contributed by atoms with Crippen LogP contribution in [0.4, 0.5) is 10.5 Å². The maximum atomic E-state index is 14.6. The maximum absolute atomic E-state index is 14.6. The first-order valence-electron chi connectivity index (χ1n) is 18.0. The van der Waals surface area contributed by atoms with Crippen molar-refractivity contribution >= 4 is 23.6 Å². The van der Waals surface area contributed by atoms with Crippen LogP contribution in [0, 0.1) is 29.1 Å². The molecule has 3 saturated carbocycles. The van der Waals surface area contributed by atoms with Crippen LogP contribution in [0.15, 0.2) is 41.5 Å². The molecule has 1 saturated heterocycles. The molecule has 6 rings (SSSR count). The maximum Gasteiger partial charge on any atom is 0.409 e. The number of nitrogens with zero attached hydrogens (tertiary/aromatic N) is 6. The van der Waals surface area contributed by atoms with E-state index in [2.05, 4.69) is 41.4 Å². The van der Waals surface area contributed by atoms with Gasteiger partial charge in [-0.1, -0.05) is 44.1 Å². The van der Waals surface area contributed by atoms with E-state index in [1.54, 1.807) is 40.2 Å². The van der Waals surface area contributed by atoms with E-state index in [0.717, 1.165) is 28.8 Å². The second-order valence-corrected chi connectivity index (χ2v) is 15.4. The summed E-state index contributed by atoms with van der Waals surface area (Å²) >= 11 is 0. The van der Waals surface area contributed by atoms with Gasteiger partial charge in [0.1, 0.15) is 17.9 Å². The second kappa shape index (κ2) is 15.6. The van der Waals surface area contributed by atoms with Gasteiger partial charge in [0.05, 0.1) is 32.2 Å². The Balaban J connectivity index is 1.54. The van der Waals surface area contributed by atoms with Gasteiger partial charge in [-0.25, -0.2) is 4.79 Å². The first-order chi connectivity index (χ1) is 24.6. The SMILES string of the molecule is CNC(=O)c1cc(-c2cccc(CN3O[C@@H](CN=[N+]=[N-])[C@@H]([C@H](C)OC(=O)N(C)C)[C@H]3C(=O)N[C@H]3C[C@H]4C[C@@H]([C@@H]3C)C4(C)C)c2OC)cc(N(C)C)c1.